The zero-order chi connectivity index (χ0) is 13.9. The molecule has 1 amide bonds. The van der Waals surface area contributed by atoms with Gasteiger partial charge in [0.05, 0.1) is 10.2 Å². The summed E-state index contributed by atoms with van der Waals surface area (Å²) < 4.78 is 1.10. The van der Waals surface area contributed by atoms with Crippen LogP contribution in [0.5, 0.6) is 0 Å². The molecule has 0 aliphatic rings. The minimum Gasteiger partial charge on any atom is -0.350 e. The number of hydrogen-bond acceptors (Lipinski definition) is 3. The molecule has 2 aromatic heterocycles. The number of aromatic nitrogens is 1. The molecule has 4 nitrogen and oxygen atoms in total. The van der Waals surface area contributed by atoms with Crippen LogP contribution in [-0.2, 0) is 13.1 Å². The van der Waals surface area contributed by atoms with Crippen LogP contribution in [0.3, 0.4) is 0 Å². The van der Waals surface area contributed by atoms with E-state index in [1.807, 2.05) is 41.8 Å². The van der Waals surface area contributed by atoms with Gasteiger partial charge in [0.1, 0.15) is 5.69 Å². The number of nitrogens with two attached hydrogens (primary N) is 1. The van der Waals surface area contributed by atoms with Crippen LogP contribution >= 0.6 is 11.3 Å². The first-order chi connectivity index (χ1) is 9.76. The third kappa shape index (κ3) is 2.59. The molecule has 0 saturated heterocycles. The summed E-state index contributed by atoms with van der Waals surface area (Å²) >= 11 is 1.62. The second-order valence-corrected chi connectivity index (χ2v) is 5.54. The number of carbonyl (C=O) groups excluding carboxylic acids is 1. The molecule has 0 unspecified atom stereocenters. The fraction of sp³-hybridized carbons (Fsp3) is 0.133. The molecule has 0 spiro atoms. The number of carbonyl (C=O) groups is 1. The molecule has 102 valence electrons. The molecule has 0 radical (unpaired) electrons. The monoisotopic (exact) mass is 285 g/mol. The number of thiophene rings is 1. The Balaban J connectivity index is 1.68. The van der Waals surface area contributed by atoms with Gasteiger partial charge >= 0.3 is 0 Å². The lowest BCUT2D eigenvalue weighted by atomic mass is 10.1. The number of rotatable bonds is 4. The first kappa shape index (κ1) is 12.9. The van der Waals surface area contributed by atoms with E-state index < -0.39 is 0 Å². The summed E-state index contributed by atoms with van der Waals surface area (Å²) in [7, 11) is 0. The highest BCUT2D eigenvalue weighted by molar-refractivity contribution is 7.17. The van der Waals surface area contributed by atoms with Crippen LogP contribution < -0.4 is 11.1 Å². The molecule has 3 rings (SSSR count). The summed E-state index contributed by atoms with van der Waals surface area (Å²) in [5.74, 6) is -0.0912. The molecule has 0 saturated carbocycles. The van der Waals surface area contributed by atoms with Crippen molar-refractivity contribution in [2.75, 3.05) is 0 Å². The van der Waals surface area contributed by atoms with E-state index in [4.69, 9.17) is 5.73 Å². The van der Waals surface area contributed by atoms with E-state index in [0.717, 1.165) is 21.3 Å². The SMILES string of the molecule is NCc1cccc(CNC(=O)c2cc3sccc3[nH]2)c1. The lowest BCUT2D eigenvalue weighted by molar-refractivity contribution is 0.0947. The maximum atomic E-state index is 12.1. The predicted molar refractivity (Wildman–Crippen MR) is 81.7 cm³/mol. The number of aromatic amines is 1. The smallest absolute Gasteiger partial charge is 0.268 e. The third-order valence-electron chi connectivity index (χ3n) is 3.16. The maximum absolute atomic E-state index is 12.1. The van der Waals surface area contributed by atoms with Gasteiger partial charge in [-0.15, -0.1) is 11.3 Å². The van der Waals surface area contributed by atoms with Crippen molar-refractivity contribution in [3.63, 3.8) is 0 Å². The minimum atomic E-state index is -0.0912. The molecular weight excluding hydrogens is 270 g/mol. The fourth-order valence-corrected chi connectivity index (χ4v) is 2.90. The Bertz CT molecular complexity index is 716. The zero-order valence-electron chi connectivity index (χ0n) is 10.8. The van der Waals surface area contributed by atoms with Crippen LogP contribution in [0.15, 0.2) is 41.8 Å². The summed E-state index contributed by atoms with van der Waals surface area (Å²) in [6.07, 6.45) is 0. The second-order valence-electron chi connectivity index (χ2n) is 4.59. The quantitative estimate of drug-likeness (QED) is 0.689. The predicted octanol–water partition coefficient (Wildman–Crippen LogP) is 2.62. The van der Waals surface area contributed by atoms with E-state index in [2.05, 4.69) is 10.3 Å². The first-order valence-electron chi connectivity index (χ1n) is 6.38. The van der Waals surface area contributed by atoms with E-state index in [0.29, 0.717) is 18.8 Å². The highest BCUT2D eigenvalue weighted by Crippen LogP contribution is 2.21. The number of H-pyrrole nitrogens is 1. The topological polar surface area (TPSA) is 70.9 Å². The zero-order valence-corrected chi connectivity index (χ0v) is 11.7. The standard InChI is InChI=1S/C15H15N3OS/c16-8-10-2-1-3-11(6-10)9-17-15(19)13-7-14-12(18-13)4-5-20-14/h1-7,18H,8-9,16H2,(H,17,19). The first-order valence-corrected chi connectivity index (χ1v) is 7.26. The Morgan fingerprint density at radius 3 is 2.90 bits per heavy atom. The van der Waals surface area contributed by atoms with Gasteiger partial charge in [-0.2, -0.15) is 0 Å². The van der Waals surface area contributed by atoms with Crippen molar-refractivity contribution in [1.82, 2.24) is 10.3 Å². The van der Waals surface area contributed by atoms with Crippen LogP contribution in [-0.4, -0.2) is 10.9 Å². The summed E-state index contributed by atoms with van der Waals surface area (Å²) in [6, 6.07) is 11.8. The van der Waals surface area contributed by atoms with Crippen LogP contribution in [0.1, 0.15) is 21.6 Å². The fourth-order valence-electron chi connectivity index (χ4n) is 2.11. The van der Waals surface area contributed by atoms with E-state index in [1.54, 1.807) is 11.3 Å². The number of benzene rings is 1. The van der Waals surface area contributed by atoms with Crippen LogP contribution in [0.4, 0.5) is 0 Å². The Morgan fingerprint density at radius 1 is 1.25 bits per heavy atom. The molecule has 20 heavy (non-hydrogen) atoms. The van der Waals surface area contributed by atoms with Crippen molar-refractivity contribution >= 4 is 27.5 Å². The molecule has 0 fully saturated rings. The third-order valence-corrected chi connectivity index (χ3v) is 4.03. The Kier molecular flexibility index (Phi) is 3.54. The molecule has 0 aliphatic carbocycles. The van der Waals surface area contributed by atoms with Crippen molar-refractivity contribution < 1.29 is 4.79 Å². The van der Waals surface area contributed by atoms with Crippen molar-refractivity contribution in [2.45, 2.75) is 13.1 Å². The lowest BCUT2D eigenvalue weighted by Crippen LogP contribution is -2.23. The summed E-state index contributed by atoms with van der Waals surface area (Å²) in [5.41, 5.74) is 9.33. The number of hydrogen-bond donors (Lipinski definition) is 3. The lowest BCUT2D eigenvalue weighted by Gasteiger charge is -2.05. The Labute approximate surface area is 120 Å². The van der Waals surface area contributed by atoms with E-state index in [-0.39, 0.29) is 5.91 Å². The number of nitrogens with one attached hydrogen (secondary N) is 2. The van der Waals surface area contributed by atoms with Crippen LogP contribution in [0.25, 0.3) is 10.2 Å². The van der Waals surface area contributed by atoms with Gasteiger partial charge in [0.15, 0.2) is 0 Å². The number of amides is 1. The van der Waals surface area contributed by atoms with Gasteiger partial charge in [-0.1, -0.05) is 24.3 Å². The Morgan fingerprint density at radius 2 is 2.10 bits per heavy atom. The number of fused-ring (bicyclic) bond motifs is 1. The molecule has 0 atom stereocenters. The van der Waals surface area contributed by atoms with Gasteiger partial charge in [0.2, 0.25) is 0 Å². The van der Waals surface area contributed by atoms with E-state index in [1.165, 1.54) is 0 Å². The normalized spacial score (nSPS) is 10.8. The summed E-state index contributed by atoms with van der Waals surface area (Å²) in [5, 5.41) is 4.91. The molecule has 0 aliphatic heterocycles. The molecule has 0 bridgehead atoms. The van der Waals surface area contributed by atoms with Crippen molar-refractivity contribution in [2.24, 2.45) is 5.73 Å². The molecule has 5 heteroatoms. The van der Waals surface area contributed by atoms with Crippen LogP contribution in [0, 0.1) is 0 Å². The average molecular weight is 285 g/mol. The van der Waals surface area contributed by atoms with E-state index >= 15 is 0 Å². The van der Waals surface area contributed by atoms with Gasteiger partial charge in [-0.05, 0) is 28.6 Å². The molecule has 4 N–H and O–H groups in total. The Hall–Kier alpha value is -2.11. The highest BCUT2D eigenvalue weighted by Gasteiger charge is 2.09. The van der Waals surface area contributed by atoms with Gasteiger partial charge < -0.3 is 16.0 Å². The van der Waals surface area contributed by atoms with Crippen molar-refractivity contribution in [3.05, 3.63) is 58.6 Å². The minimum absolute atomic E-state index is 0.0912. The maximum Gasteiger partial charge on any atom is 0.268 e. The van der Waals surface area contributed by atoms with Gasteiger partial charge in [0.25, 0.3) is 5.91 Å². The largest absolute Gasteiger partial charge is 0.350 e. The highest BCUT2D eigenvalue weighted by atomic mass is 32.1. The second kappa shape index (κ2) is 5.48. The van der Waals surface area contributed by atoms with E-state index in [9.17, 15) is 4.79 Å². The molecular formula is C15H15N3OS. The molecule has 3 aromatic rings. The van der Waals surface area contributed by atoms with Gasteiger partial charge in [-0.25, -0.2) is 0 Å². The summed E-state index contributed by atoms with van der Waals surface area (Å²) in [4.78, 5) is 15.2. The van der Waals surface area contributed by atoms with Crippen LogP contribution in [0.2, 0.25) is 0 Å². The van der Waals surface area contributed by atoms with Crippen molar-refractivity contribution in [1.29, 1.82) is 0 Å². The average Bonchev–Trinajstić information content (AvgIpc) is 3.06. The summed E-state index contributed by atoms with van der Waals surface area (Å²) in [6.45, 7) is 1.01. The molecule has 2 heterocycles. The van der Waals surface area contributed by atoms with Crippen molar-refractivity contribution in [3.8, 4) is 0 Å². The van der Waals surface area contributed by atoms with Gasteiger partial charge in [-0.3, -0.25) is 4.79 Å². The molecule has 1 aromatic carbocycles. The van der Waals surface area contributed by atoms with Gasteiger partial charge in [0, 0.05) is 13.1 Å².